The molecule has 0 saturated carbocycles. The summed E-state index contributed by atoms with van der Waals surface area (Å²) in [5.41, 5.74) is 0. The van der Waals surface area contributed by atoms with Crippen molar-refractivity contribution in [2.75, 3.05) is 13.7 Å². The third-order valence-corrected chi connectivity index (χ3v) is 4.95. The monoisotopic (exact) mass is 285 g/mol. The van der Waals surface area contributed by atoms with Gasteiger partial charge in [0.1, 0.15) is 6.04 Å². The van der Waals surface area contributed by atoms with E-state index in [4.69, 9.17) is 0 Å². The smallest absolute Gasteiger partial charge is 0.324 e. The van der Waals surface area contributed by atoms with Crippen molar-refractivity contribution in [2.45, 2.75) is 23.5 Å². The lowest BCUT2D eigenvalue weighted by molar-refractivity contribution is -0.144. The fourth-order valence-corrected chi connectivity index (χ4v) is 3.78. The van der Waals surface area contributed by atoms with Gasteiger partial charge in [0.15, 0.2) is 0 Å². The molecule has 1 aliphatic rings. The molecule has 1 saturated heterocycles. The summed E-state index contributed by atoms with van der Waals surface area (Å²) in [5.74, 6) is -0.656. The Bertz CT molecular complexity index is 557. The summed E-state index contributed by atoms with van der Waals surface area (Å²) in [6.07, 6.45) is -0.804. The number of esters is 1. The summed E-state index contributed by atoms with van der Waals surface area (Å²) in [7, 11) is -2.61. The van der Waals surface area contributed by atoms with Crippen molar-refractivity contribution >= 4 is 16.0 Å². The lowest BCUT2D eigenvalue weighted by Gasteiger charge is -2.21. The minimum absolute atomic E-state index is 0.0543. The molecular weight excluding hydrogens is 270 g/mol. The van der Waals surface area contributed by atoms with Crippen molar-refractivity contribution in [2.24, 2.45) is 0 Å². The Morgan fingerprint density at radius 1 is 1.37 bits per heavy atom. The third kappa shape index (κ3) is 2.63. The zero-order chi connectivity index (χ0) is 14.0. The number of aliphatic hydroxyl groups excluding tert-OH is 1. The lowest BCUT2D eigenvalue weighted by atomic mass is 10.2. The van der Waals surface area contributed by atoms with Gasteiger partial charge in [-0.1, -0.05) is 18.2 Å². The van der Waals surface area contributed by atoms with Gasteiger partial charge in [0, 0.05) is 13.0 Å². The van der Waals surface area contributed by atoms with Crippen LogP contribution in [0, 0.1) is 0 Å². The number of ether oxygens (including phenoxy) is 1. The van der Waals surface area contributed by atoms with Crippen molar-refractivity contribution in [3.63, 3.8) is 0 Å². The van der Waals surface area contributed by atoms with Crippen molar-refractivity contribution in [1.29, 1.82) is 0 Å². The topological polar surface area (TPSA) is 83.9 Å². The molecule has 2 atom stereocenters. The van der Waals surface area contributed by atoms with Gasteiger partial charge in [-0.25, -0.2) is 8.42 Å². The van der Waals surface area contributed by atoms with E-state index in [0.717, 1.165) is 4.31 Å². The average molecular weight is 285 g/mol. The number of aliphatic hydroxyl groups is 1. The molecule has 0 amide bonds. The molecule has 1 aliphatic heterocycles. The molecule has 0 aromatic heterocycles. The molecule has 7 heteroatoms. The standard InChI is InChI=1S/C12H15NO5S/c1-18-12(15)11-7-9(14)8-13(11)19(16,17)10-5-3-2-4-6-10/h2-6,9,11,14H,7-8H2,1H3/t9-,11-/m1/s1. The highest BCUT2D eigenvalue weighted by molar-refractivity contribution is 7.89. The van der Waals surface area contributed by atoms with Crippen LogP contribution in [0.5, 0.6) is 0 Å². The molecule has 1 fully saturated rings. The second-order valence-corrected chi connectivity index (χ2v) is 6.21. The molecule has 1 aromatic rings. The molecule has 0 unspecified atom stereocenters. The van der Waals surface area contributed by atoms with E-state index in [1.807, 2.05) is 0 Å². The fraction of sp³-hybridized carbons (Fsp3) is 0.417. The molecule has 0 spiro atoms. The van der Waals surface area contributed by atoms with Crippen LogP contribution in [-0.2, 0) is 19.6 Å². The van der Waals surface area contributed by atoms with Crippen molar-refractivity contribution in [1.82, 2.24) is 4.31 Å². The first-order valence-corrected chi connectivity index (χ1v) is 7.23. The van der Waals surface area contributed by atoms with Gasteiger partial charge in [0.2, 0.25) is 10.0 Å². The maximum absolute atomic E-state index is 12.4. The van der Waals surface area contributed by atoms with Gasteiger partial charge in [0.25, 0.3) is 0 Å². The summed E-state index contributed by atoms with van der Waals surface area (Å²) in [6, 6.07) is 6.85. The van der Waals surface area contributed by atoms with E-state index in [9.17, 15) is 18.3 Å². The first kappa shape index (κ1) is 14.0. The predicted molar refractivity (Wildman–Crippen MR) is 66.8 cm³/mol. The number of hydrogen-bond acceptors (Lipinski definition) is 5. The van der Waals surface area contributed by atoms with E-state index in [0.29, 0.717) is 0 Å². The highest BCUT2D eigenvalue weighted by Crippen LogP contribution is 2.26. The number of benzene rings is 1. The van der Waals surface area contributed by atoms with E-state index in [1.165, 1.54) is 19.2 Å². The van der Waals surface area contributed by atoms with Crippen LogP contribution in [0.25, 0.3) is 0 Å². The van der Waals surface area contributed by atoms with Crippen LogP contribution in [0.4, 0.5) is 0 Å². The predicted octanol–water partition coefficient (Wildman–Crippen LogP) is -0.0165. The molecule has 0 radical (unpaired) electrons. The number of β-amino-alcohol motifs (C(OH)–C–C–N with tert-alkyl or cyclic N) is 1. The fourth-order valence-electron chi connectivity index (χ4n) is 2.13. The Kier molecular flexibility index (Phi) is 3.88. The van der Waals surface area contributed by atoms with Crippen LogP contribution in [0.2, 0.25) is 0 Å². The van der Waals surface area contributed by atoms with Crippen LogP contribution in [-0.4, -0.2) is 49.6 Å². The average Bonchev–Trinajstić information content (AvgIpc) is 2.81. The molecule has 1 aromatic carbocycles. The van der Waals surface area contributed by atoms with Gasteiger partial charge in [-0.3, -0.25) is 4.79 Å². The SMILES string of the molecule is COC(=O)[C@H]1C[C@@H](O)CN1S(=O)(=O)c1ccccc1. The van der Waals surface area contributed by atoms with Gasteiger partial charge in [-0.2, -0.15) is 4.31 Å². The number of carbonyl (C=O) groups excluding carboxylic acids is 1. The third-order valence-electron chi connectivity index (χ3n) is 3.06. The maximum atomic E-state index is 12.4. The van der Waals surface area contributed by atoms with E-state index in [-0.39, 0.29) is 17.9 Å². The highest BCUT2D eigenvalue weighted by atomic mass is 32.2. The summed E-state index contributed by atoms with van der Waals surface area (Å²) in [5, 5.41) is 9.61. The normalized spacial score (nSPS) is 24.3. The van der Waals surface area contributed by atoms with Gasteiger partial charge in [-0.15, -0.1) is 0 Å². The van der Waals surface area contributed by atoms with Crippen LogP contribution < -0.4 is 0 Å². The second-order valence-electron chi connectivity index (χ2n) is 4.32. The Morgan fingerprint density at radius 3 is 2.58 bits per heavy atom. The Balaban J connectivity index is 2.36. The molecule has 0 aliphatic carbocycles. The quantitative estimate of drug-likeness (QED) is 0.789. The van der Waals surface area contributed by atoms with Crippen LogP contribution in [0.3, 0.4) is 0 Å². The Labute approximate surface area is 111 Å². The largest absolute Gasteiger partial charge is 0.468 e. The minimum Gasteiger partial charge on any atom is -0.468 e. The number of sulfonamides is 1. The Hall–Kier alpha value is -1.44. The molecule has 6 nitrogen and oxygen atoms in total. The van der Waals surface area contributed by atoms with E-state index in [2.05, 4.69) is 4.74 Å². The number of nitrogens with zero attached hydrogens (tertiary/aromatic N) is 1. The summed E-state index contributed by atoms with van der Waals surface area (Å²) >= 11 is 0. The molecule has 19 heavy (non-hydrogen) atoms. The summed E-state index contributed by atoms with van der Waals surface area (Å²) in [6.45, 7) is -0.100. The van der Waals surface area contributed by atoms with Gasteiger partial charge < -0.3 is 9.84 Å². The number of rotatable bonds is 3. The number of carbonyl (C=O) groups is 1. The van der Waals surface area contributed by atoms with E-state index in [1.54, 1.807) is 18.2 Å². The zero-order valence-corrected chi connectivity index (χ0v) is 11.2. The first-order valence-electron chi connectivity index (χ1n) is 5.79. The van der Waals surface area contributed by atoms with E-state index >= 15 is 0 Å². The lowest BCUT2D eigenvalue weighted by Crippen LogP contribution is -2.41. The molecule has 2 rings (SSSR count). The maximum Gasteiger partial charge on any atom is 0.324 e. The van der Waals surface area contributed by atoms with Gasteiger partial charge in [-0.05, 0) is 12.1 Å². The Morgan fingerprint density at radius 2 is 2.00 bits per heavy atom. The first-order chi connectivity index (χ1) is 8.96. The summed E-state index contributed by atoms with van der Waals surface area (Å²) in [4.78, 5) is 11.7. The molecular formula is C12H15NO5S. The van der Waals surface area contributed by atoms with Gasteiger partial charge in [0.05, 0.1) is 18.1 Å². The minimum atomic E-state index is -3.80. The molecule has 1 N–H and O–H groups in total. The molecule has 0 bridgehead atoms. The second kappa shape index (κ2) is 5.28. The van der Waals surface area contributed by atoms with Crippen molar-refractivity contribution in [3.05, 3.63) is 30.3 Å². The van der Waals surface area contributed by atoms with Crippen LogP contribution in [0.15, 0.2) is 35.2 Å². The zero-order valence-electron chi connectivity index (χ0n) is 10.4. The molecule has 1 heterocycles. The number of methoxy groups -OCH3 is 1. The van der Waals surface area contributed by atoms with Gasteiger partial charge >= 0.3 is 5.97 Å². The molecule has 104 valence electrons. The van der Waals surface area contributed by atoms with Crippen LogP contribution >= 0.6 is 0 Å². The highest BCUT2D eigenvalue weighted by Gasteiger charge is 2.43. The van der Waals surface area contributed by atoms with E-state index < -0.39 is 28.1 Å². The summed E-state index contributed by atoms with van der Waals surface area (Å²) < 4.78 is 30.4. The van der Waals surface area contributed by atoms with Crippen LogP contribution in [0.1, 0.15) is 6.42 Å². The number of hydrogen-bond donors (Lipinski definition) is 1. The van der Waals surface area contributed by atoms with Crippen molar-refractivity contribution in [3.8, 4) is 0 Å². The van der Waals surface area contributed by atoms with Crippen molar-refractivity contribution < 1.29 is 23.1 Å².